The fourth-order valence-corrected chi connectivity index (χ4v) is 2.21. The Bertz CT molecular complexity index is 796. The van der Waals surface area contributed by atoms with Gasteiger partial charge in [-0.25, -0.2) is 4.79 Å². The molecule has 0 spiro atoms. The van der Waals surface area contributed by atoms with Gasteiger partial charge < -0.3 is 14.8 Å². The van der Waals surface area contributed by atoms with Crippen LogP contribution in [-0.2, 0) is 9.53 Å². The number of hydrogen-bond donors (Lipinski definition) is 1. The Hall–Kier alpha value is -2.67. The Balaban J connectivity index is 1.97. The molecule has 1 atom stereocenters. The molecule has 5 nitrogen and oxygen atoms in total. The van der Waals surface area contributed by atoms with Crippen molar-refractivity contribution in [1.82, 2.24) is 0 Å². The van der Waals surface area contributed by atoms with Gasteiger partial charge in [0.25, 0.3) is 5.91 Å². The molecule has 0 unspecified atom stereocenters. The highest BCUT2D eigenvalue weighted by molar-refractivity contribution is 6.31. The molecule has 2 aromatic rings. The van der Waals surface area contributed by atoms with Crippen LogP contribution in [0.4, 0.5) is 14.5 Å². The van der Waals surface area contributed by atoms with E-state index in [1.54, 1.807) is 25.1 Å². The van der Waals surface area contributed by atoms with Crippen LogP contribution in [0.1, 0.15) is 22.8 Å². The summed E-state index contributed by atoms with van der Waals surface area (Å²) >= 11 is 5.99. The molecule has 0 saturated heterocycles. The van der Waals surface area contributed by atoms with Gasteiger partial charge in [-0.2, -0.15) is 8.78 Å². The van der Waals surface area contributed by atoms with Crippen LogP contribution in [0.5, 0.6) is 5.75 Å². The van der Waals surface area contributed by atoms with Gasteiger partial charge in [-0.1, -0.05) is 17.7 Å². The van der Waals surface area contributed by atoms with Crippen LogP contribution >= 0.6 is 11.6 Å². The Morgan fingerprint density at radius 2 is 1.77 bits per heavy atom. The number of esters is 1. The van der Waals surface area contributed by atoms with Gasteiger partial charge in [0, 0.05) is 10.7 Å². The summed E-state index contributed by atoms with van der Waals surface area (Å²) in [6.07, 6.45) is -1.07. The van der Waals surface area contributed by atoms with Gasteiger partial charge >= 0.3 is 12.6 Å². The van der Waals surface area contributed by atoms with E-state index in [4.69, 9.17) is 16.3 Å². The van der Waals surface area contributed by atoms with Crippen LogP contribution in [0.2, 0.25) is 5.02 Å². The zero-order chi connectivity index (χ0) is 19.3. The molecule has 0 fully saturated rings. The third-order valence-corrected chi connectivity index (χ3v) is 3.90. The average molecular weight is 384 g/mol. The number of nitrogens with one attached hydrogen (secondary N) is 1. The highest BCUT2D eigenvalue weighted by atomic mass is 35.5. The zero-order valence-corrected chi connectivity index (χ0v) is 14.7. The maximum atomic E-state index is 12.2. The summed E-state index contributed by atoms with van der Waals surface area (Å²) < 4.78 is 33.5. The summed E-state index contributed by atoms with van der Waals surface area (Å²) in [5, 5.41) is 3.13. The first-order chi connectivity index (χ1) is 12.3. The SMILES string of the molecule is Cc1c(Cl)cccc1NC(=O)[C@@H](C)OC(=O)c1ccc(OC(F)F)cc1. The van der Waals surface area contributed by atoms with E-state index in [0.717, 1.165) is 0 Å². The van der Waals surface area contributed by atoms with Crippen molar-refractivity contribution in [3.05, 3.63) is 58.6 Å². The van der Waals surface area contributed by atoms with E-state index in [2.05, 4.69) is 10.1 Å². The van der Waals surface area contributed by atoms with Crippen molar-refractivity contribution in [1.29, 1.82) is 0 Å². The van der Waals surface area contributed by atoms with Crippen molar-refractivity contribution >= 4 is 29.2 Å². The summed E-state index contributed by atoms with van der Waals surface area (Å²) in [5.74, 6) is -1.38. The predicted octanol–water partition coefficient (Wildman–Crippen LogP) is 4.43. The molecule has 1 amide bonds. The zero-order valence-electron chi connectivity index (χ0n) is 14.0. The van der Waals surface area contributed by atoms with E-state index in [1.807, 2.05) is 0 Å². The Morgan fingerprint density at radius 1 is 1.12 bits per heavy atom. The minimum Gasteiger partial charge on any atom is -0.449 e. The minimum atomic E-state index is -2.95. The first kappa shape index (κ1) is 19.7. The average Bonchev–Trinajstić information content (AvgIpc) is 2.59. The molecular formula is C18H16ClF2NO4. The standard InChI is InChI=1S/C18H16ClF2NO4/c1-10-14(19)4-3-5-15(10)22-16(23)11(2)25-17(24)12-6-8-13(9-7-12)26-18(20)21/h3-9,11,18H,1-2H3,(H,22,23)/t11-/m1/s1. The molecule has 0 bridgehead atoms. The van der Waals surface area contributed by atoms with Gasteiger partial charge in [0.15, 0.2) is 6.10 Å². The van der Waals surface area contributed by atoms with Crippen molar-refractivity contribution in [3.8, 4) is 5.75 Å². The summed E-state index contributed by atoms with van der Waals surface area (Å²) in [6, 6.07) is 10.0. The first-order valence-corrected chi connectivity index (χ1v) is 7.97. The second-order valence-electron chi connectivity index (χ2n) is 5.35. The van der Waals surface area contributed by atoms with E-state index in [-0.39, 0.29) is 11.3 Å². The van der Waals surface area contributed by atoms with Gasteiger partial charge in [-0.15, -0.1) is 0 Å². The summed E-state index contributed by atoms with van der Waals surface area (Å²) in [6.45, 7) is 0.213. The molecule has 26 heavy (non-hydrogen) atoms. The second kappa shape index (κ2) is 8.62. The molecule has 2 rings (SSSR count). The second-order valence-corrected chi connectivity index (χ2v) is 5.76. The number of alkyl halides is 2. The van der Waals surface area contributed by atoms with Crippen LogP contribution in [0.15, 0.2) is 42.5 Å². The topological polar surface area (TPSA) is 64.6 Å². The number of hydrogen-bond acceptors (Lipinski definition) is 4. The van der Waals surface area contributed by atoms with E-state index >= 15 is 0 Å². The Labute approximate surface area is 153 Å². The van der Waals surface area contributed by atoms with Crippen LogP contribution < -0.4 is 10.1 Å². The van der Waals surface area contributed by atoms with Gasteiger partial charge in [0.1, 0.15) is 5.75 Å². The van der Waals surface area contributed by atoms with Crippen molar-refractivity contribution in [2.75, 3.05) is 5.32 Å². The third kappa shape index (κ3) is 5.16. The third-order valence-electron chi connectivity index (χ3n) is 3.49. The fraction of sp³-hybridized carbons (Fsp3) is 0.222. The van der Waals surface area contributed by atoms with Gasteiger partial charge in [0.2, 0.25) is 0 Å². The van der Waals surface area contributed by atoms with Crippen molar-refractivity contribution < 1.29 is 27.8 Å². The molecule has 0 radical (unpaired) electrons. The maximum absolute atomic E-state index is 12.2. The number of carbonyl (C=O) groups is 2. The van der Waals surface area contributed by atoms with E-state index in [0.29, 0.717) is 16.3 Å². The molecule has 0 aliphatic heterocycles. The van der Waals surface area contributed by atoms with Crippen molar-refractivity contribution in [3.63, 3.8) is 0 Å². The lowest BCUT2D eigenvalue weighted by Gasteiger charge is -2.15. The quantitative estimate of drug-likeness (QED) is 0.749. The summed E-state index contributed by atoms with van der Waals surface area (Å²) in [5.41, 5.74) is 1.31. The molecule has 0 aliphatic rings. The molecule has 0 heterocycles. The Morgan fingerprint density at radius 3 is 2.38 bits per heavy atom. The number of halogens is 3. The van der Waals surface area contributed by atoms with Crippen LogP contribution in [-0.4, -0.2) is 24.6 Å². The highest BCUT2D eigenvalue weighted by Gasteiger charge is 2.20. The van der Waals surface area contributed by atoms with Crippen LogP contribution in [0.25, 0.3) is 0 Å². The normalized spacial score (nSPS) is 11.8. The van der Waals surface area contributed by atoms with E-state index in [9.17, 15) is 18.4 Å². The fourth-order valence-electron chi connectivity index (χ4n) is 2.03. The smallest absolute Gasteiger partial charge is 0.387 e. The molecule has 0 aliphatic carbocycles. The van der Waals surface area contributed by atoms with Gasteiger partial charge in [-0.3, -0.25) is 4.79 Å². The number of rotatable bonds is 6. The molecule has 138 valence electrons. The van der Waals surface area contributed by atoms with Crippen molar-refractivity contribution in [2.24, 2.45) is 0 Å². The van der Waals surface area contributed by atoms with Crippen LogP contribution in [0, 0.1) is 6.92 Å². The van der Waals surface area contributed by atoms with Gasteiger partial charge in [-0.05, 0) is 55.8 Å². The lowest BCUT2D eigenvalue weighted by Crippen LogP contribution is -2.30. The maximum Gasteiger partial charge on any atom is 0.387 e. The number of anilines is 1. The number of benzene rings is 2. The monoisotopic (exact) mass is 383 g/mol. The lowest BCUT2D eigenvalue weighted by molar-refractivity contribution is -0.123. The molecule has 2 aromatic carbocycles. The van der Waals surface area contributed by atoms with E-state index in [1.165, 1.54) is 31.2 Å². The lowest BCUT2D eigenvalue weighted by atomic mass is 10.2. The Kier molecular flexibility index (Phi) is 6.52. The number of amides is 1. The van der Waals surface area contributed by atoms with Gasteiger partial charge in [0.05, 0.1) is 5.56 Å². The molecule has 0 aromatic heterocycles. The first-order valence-electron chi connectivity index (χ1n) is 7.59. The van der Waals surface area contributed by atoms with Crippen LogP contribution in [0.3, 0.4) is 0 Å². The predicted molar refractivity (Wildman–Crippen MR) is 92.8 cm³/mol. The number of carbonyl (C=O) groups excluding carboxylic acids is 2. The number of ether oxygens (including phenoxy) is 2. The molecular weight excluding hydrogens is 368 g/mol. The summed E-state index contributed by atoms with van der Waals surface area (Å²) in [7, 11) is 0. The van der Waals surface area contributed by atoms with Crippen molar-refractivity contribution in [2.45, 2.75) is 26.6 Å². The van der Waals surface area contributed by atoms with E-state index < -0.39 is 24.6 Å². The minimum absolute atomic E-state index is 0.0845. The molecule has 1 N–H and O–H groups in total. The molecule has 8 heteroatoms. The largest absolute Gasteiger partial charge is 0.449 e. The summed E-state index contributed by atoms with van der Waals surface area (Å²) in [4.78, 5) is 24.2. The highest BCUT2D eigenvalue weighted by Crippen LogP contribution is 2.23. The molecule has 0 saturated carbocycles.